The van der Waals surface area contributed by atoms with Gasteiger partial charge in [-0.1, -0.05) is 26.2 Å². The van der Waals surface area contributed by atoms with Crippen molar-refractivity contribution in [2.75, 3.05) is 12.4 Å². The first-order chi connectivity index (χ1) is 18.5. The highest BCUT2D eigenvalue weighted by atomic mass is 16.4. The summed E-state index contributed by atoms with van der Waals surface area (Å²) in [7, 11) is 1.72. The Bertz CT molecular complexity index is 1260. The minimum atomic E-state index is -1.74. The van der Waals surface area contributed by atoms with E-state index in [9.17, 15) is 9.90 Å². The summed E-state index contributed by atoms with van der Waals surface area (Å²) in [5, 5.41) is 46.0. The molecule has 2 saturated carbocycles. The number of fused-ring (bicyclic) bond motifs is 1. The van der Waals surface area contributed by atoms with Gasteiger partial charge < -0.3 is 30.8 Å². The van der Waals surface area contributed by atoms with Gasteiger partial charge in [0.2, 0.25) is 0 Å². The van der Waals surface area contributed by atoms with E-state index in [2.05, 4.69) is 34.4 Å². The zero-order valence-corrected chi connectivity index (χ0v) is 23.2. The molecule has 2 fully saturated rings. The van der Waals surface area contributed by atoms with E-state index in [4.69, 9.17) is 20.9 Å². The van der Waals surface area contributed by atoms with Crippen LogP contribution in [-0.4, -0.2) is 60.5 Å². The molecule has 2 aromatic heterocycles. The molecule has 2 aliphatic carbocycles. The summed E-state index contributed by atoms with van der Waals surface area (Å²) in [6.07, 6.45) is 9.45. The lowest BCUT2D eigenvalue weighted by atomic mass is 9.80. The number of hydrogen-bond donors (Lipinski definition) is 7. The minimum Gasteiger partial charge on any atom is -0.465 e. The van der Waals surface area contributed by atoms with Gasteiger partial charge in [0.1, 0.15) is 11.3 Å². The second-order valence-electron chi connectivity index (χ2n) is 11.3. The van der Waals surface area contributed by atoms with Crippen molar-refractivity contribution in [3.8, 4) is 0 Å². The fourth-order valence-electron chi connectivity index (χ4n) is 5.45. The highest BCUT2D eigenvalue weighted by Crippen LogP contribution is 2.36. The van der Waals surface area contributed by atoms with Crippen LogP contribution in [0.4, 0.5) is 10.6 Å². The highest BCUT2D eigenvalue weighted by Gasteiger charge is 2.36. The predicted molar refractivity (Wildman–Crippen MR) is 150 cm³/mol. The van der Waals surface area contributed by atoms with Crippen LogP contribution in [-0.2, 0) is 12.1 Å². The van der Waals surface area contributed by atoms with Gasteiger partial charge in [-0.3, -0.25) is 10.7 Å². The maximum Gasteiger partial charge on any atom is 0.410 e. The van der Waals surface area contributed by atoms with Gasteiger partial charge in [0.15, 0.2) is 28.7 Å². The summed E-state index contributed by atoms with van der Waals surface area (Å²) in [5.41, 5.74) is -0.950. The van der Waals surface area contributed by atoms with Crippen molar-refractivity contribution < 1.29 is 15.0 Å². The van der Waals surface area contributed by atoms with Gasteiger partial charge in [0.25, 0.3) is 0 Å². The van der Waals surface area contributed by atoms with E-state index in [0.717, 1.165) is 38.5 Å². The van der Waals surface area contributed by atoms with E-state index in [1.54, 1.807) is 20.2 Å². The van der Waals surface area contributed by atoms with E-state index >= 15 is 0 Å². The number of anilines is 1. The Morgan fingerprint density at radius 1 is 1.18 bits per heavy atom. The molecule has 2 atom stereocenters. The Labute approximate surface area is 228 Å². The smallest absolute Gasteiger partial charge is 0.410 e. The molecule has 2 aliphatic rings. The number of carbonyl (C=O) groups is 1. The zero-order chi connectivity index (χ0) is 28.3. The molecule has 2 heterocycles. The van der Waals surface area contributed by atoms with Crippen LogP contribution in [0.3, 0.4) is 0 Å². The number of rotatable bonds is 10. The first-order valence-corrected chi connectivity index (χ1v) is 13.8. The van der Waals surface area contributed by atoms with Gasteiger partial charge >= 0.3 is 6.09 Å². The maximum absolute atomic E-state index is 11.7. The molecule has 0 radical (unpaired) electrons. The van der Waals surface area contributed by atoms with Crippen LogP contribution in [0.1, 0.15) is 77.4 Å². The number of nitrogens with zero attached hydrogens (tertiary/aromatic N) is 4. The first-order valence-electron chi connectivity index (χ1n) is 13.8. The van der Waals surface area contributed by atoms with Crippen LogP contribution in [0, 0.1) is 28.6 Å². The third-order valence-electron chi connectivity index (χ3n) is 8.23. The quantitative estimate of drug-likeness (QED) is 0.175. The predicted octanol–water partition coefficient (Wildman–Crippen LogP) is 3.81. The lowest BCUT2D eigenvalue weighted by Crippen LogP contribution is -2.35. The Morgan fingerprint density at radius 3 is 2.46 bits per heavy atom. The fraction of sp³-hybridized carbons (Fsp3) is 0.630. The lowest BCUT2D eigenvalue weighted by molar-refractivity contribution is 0.116. The van der Waals surface area contributed by atoms with E-state index in [1.165, 1.54) is 12.5 Å². The van der Waals surface area contributed by atoms with Gasteiger partial charge in [-0.25, -0.2) is 19.7 Å². The molecule has 0 spiro atoms. The van der Waals surface area contributed by atoms with Crippen molar-refractivity contribution in [1.29, 1.82) is 10.8 Å². The number of amides is 1. The van der Waals surface area contributed by atoms with Gasteiger partial charge in [-0.05, 0) is 69.6 Å². The molecule has 1 unspecified atom stereocenters. The van der Waals surface area contributed by atoms with E-state index in [0.29, 0.717) is 35.6 Å². The summed E-state index contributed by atoms with van der Waals surface area (Å²) < 4.78 is 1.94. The Kier molecular flexibility index (Phi) is 8.53. The van der Waals surface area contributed by atoms with Crippen LogP contribution in [0.15, 0.2) is 12.3 Å². The van der Waals surface area contributed by atoms with Crippen LogP contribution in [0.25, 0.3) is 11.2 Å². The molecule has 1 amide bonds. The topological polar surface area (TPSA) is 185 Å². The van der Waals surface area contributed by atoms with Gasteiger partial charge in [-0.15, -0.1) is 0 Å². The molecule has 12 nitrogen and oxygen atoms in total. The minimum absolute atomic E-state index is 0.0449. The molecule has 0 aliphatic heterocycles. The molecule has 7 N–H and O–H groups in total. The van der Waals surface area contributed by atoms with Crippen molar-refractivity contribution in [2.45, 2.75) is 83.9 Å². The van der Waals surface area contributed by atoms with E-state index < -0.39 is 17.5 Å². The molecule has 12 heteroatoms. The molecular formula is C27H41N9O3. The summed E-state index contributed by atoms with van der Waals surface area (Å²) >= 11 is 0. The molecule has 212 valence electrons. The first kappa shape index (κ1) is 28.5. The number of amidine groups is 1. The number of nitrogens with one attached hydrogen (secondary N) is 5. The zero-order valence-electron chi connectivity index (χ0n) is 23.2. The number of aliphatic hydroxyl groups is 1. The van der Waals surface area contributed by atoms with E-state index in [1.807, 2.05) is 9.88 Å². The average Bonchev–Trinajstić information content (AvgIpc) is 3.21. The summed E-state index contributed by atoms with van der Waals surface area (Å²) in [5.74, 6) is 1.67. The SMILES string of the molecule is CN/C=C\C(=N)C(C)(O)c1nc2nc(C(=N)NC(=O)O)nc(N[C@H](C)C3CCC3)c2n1C[C@H]1CC[C@H](C)CC1. The monoisotopic (exact) mass is 539 g/mol. The molecule has 0 bridgehead atoms. The highest BCUT2D eigenvalue weighted by molar-refractivity contribution is 6.03. The standard InChI is InChI=1S/C27H41N9O3/c1-15-8-10-17(11-9-15)14-36-20-22(31-16(2)18-6-5-7-18)33-24(21(29)32-26(37)38)34-23(20)35-25(36)27(3,39)19(28)12-13-30-4/h12-13,15-18,28,30,39H,5-11,14H2,1-4H3,(H2,29,32)(H,37,38)(H,31,33,34)/b13-12-,28-19?/t15-,16-,17-,27?/m1/s1. The van der Waals surface area contributed by atoms with Crippen molar-refractivity contribution in [1.82, 2.24) is 30.2 Å². The molecule has 39 heavy (non-hydrogen) atoms. The summed E-state index contributed by atoms with van der Waals surface area (Å²) in [6, 6.07) is 0.0889. The summed E-state index contributed by atoms with van der Waals surface area (Å²) in [4.78, 5) is 25.0. The summed E-state index contributed by atoms with van der Waals surface area (Å²) in [6.45, 7) is 6.49. The van der Waals surface area contributed by atoms with Crippen molar-refractivity contribution in [3.63, 3.8) is 0 Å². The van der Waals surface area contributed by atoms with Crippen LogP contribution < -0.4 is 16.0 Å². The van der Waals surface area contributed by atoms with E-state index in [-0.39, 0.29) is 29.0 Å². The van der Waals surface area contributed by atoms with Gasteiger partial charge in [-0.2, -0.15) is 0 Å². The number of hydrogen-bond acceptors (Lipinski definition) is 9. The molecule has 0 aromatic carbocycles. The third-order valence-corrected chi connectivity index (χ3v) is 8.23. The Morgan fingerprint density at radius 2 is 1.87 bits per heavy atom. The molecule has 0 saturated heterocycles. The normalized spacial score (nSPS) is 22.2. The Balaban J connectivity index is 1.88. The maximum atomic E-state index is 11.7. The second kappa shape index (κ2) is 11.7. The Hall–Kier alpha value is -3.54. The molecular weight excluding hydrogens is 498 g/mol. The van der Waals surface area contributed by atoms with Crippen LogP contribution in [0.2, 0.25) is 0 Å². The number of carboxylic acid groups (broad SMARTS) is 1. The largest absolute Gasteiger partial charge is 0.465 e. The van der Waals surface area contributed by atoms with Crippen LogP contribution >= 0.6 is 0 Å². The molecule has 2 aromatic rings. The van der Waals surface area contributed by atoms with Gasteiger partial charge in [0.05, 0.1) is 5.71 Å². The van der Waals surface area contributed by atoms with Crippen LogP contribution in [0.5, 0.6) is 0 Å². The lowest BCUT2D eigenvalue weighted by Gasteiger charge is -2.33. The van der Waals surface area contributed by atoms with Crippen molar-refractivity contribution in [2.24, 2.45) is 17.8 Å². The number of imidazole rings is 1. The fourth-order valence-corrected chi connectivity index (χ4v) is 5.45. The van der Waals surface area contributed by atoms with Crippen molar-refractivity contribution >= 4 is 34.6 Å². The molecule has 4 rings (SSSR count). The van der Waals surface area contributed by atoms with Gasteiger partial charge in [0, 0.05) is 19.6 Å². The average molecular weight is 540 g/mol. The second-order valence-corrected chi connectivity index (χ2v) is 11.3. The third kappa shape index (κ3) is 6.21. The number of aromatic nitrogens is 4. The van der Waals surface area contributed by atoms with Crippen molar-refractivity contribution in [3.05, 3.63) is 23.9 Å².